The molecule has 1 aliphatic heterocycles. The summed E-state index contributed by atoms with van der Waals surface area (Å²) in [5.74, 6) is 0.674. The van der Waals surface area contributed by atoms with Crippen LogP contribution < -0.4 is 0 Å². The molecule has 1 fully saturated rings. The minimum atomic E-state index is -0.379. The van der Waals surface area contributed by atoms with Gasteiger partial charge in [-0.2, -0.15) is 4.98 Å². The average molecular weight is 301 g/mol. The SMILES string of the molecule is CC(O)C1CCCN(C(=O)c2ccc(-c3ncon3)cc2)C1. The Hall–Kier alpha value is -2.21. The van der Waals surface area contributed by atoms with E-state index < -0.39 is 0 Å². The third-order valence-corrected chi connectivity index (χ3v) is 4.18. The van der Waals surface area contributed by atoms with Crippen molar-refractivity contribution in [2.24, 2.45) is 5.92 Å². The molecule has 116 valence electrons. The van der Waals surface area contributed by atoms with E-state index in [-0.39, 0.29) is 17.9 Å². The minimum Gasteiger partial charge on any atom is -0.393 e. The van der Waals surface area contributed by atoms with Crippen molar-refractivity contribution < 1.29 is 14.4 Å². The maximum absolute atomic E-state index is 12.6. The molecular weight excluding hydrogens is 282 g/mol. The number of aliphatic hydroxyl groups excluding tert-OH is 1. The fourth-order valence-electron chi connectivity index (χ4n) is 2.83. The number of nitrogens with zero attached hydrogens (tertiary/aromatic N) is 3. The minimum absolute atomic E-state index is 0.00464. The van der Waals surface area contributed by atoms with Gasteiger partial charge in [-0.05, 0) is 31.9 Å². The fourth-order valence-corrected chi connectivity index (χ4v) is 2.83. The zero-order valence-electron chi connectivity index (χ0n) is 12.5. The molecule has 1 saturated heterocycles. The van der Waals surface area contributed by atoms with Gasteiger partial charge in [-0.15, -0.1) is 0 Å². The molecule has 0 saturated carbocycles. The number of hydrogen-bond acceptors (Lipinski definition) is 5. The Kier molecular flexibility index (Phi) is 4.20. The number of carbonyl (C=O) groups is 1. The molecule has 1 aromatic heterocycles. The molecule has 22 heavy (non-hydrogen) atoms. The average Bonchev–Trinajstić information content (AvgIpc) is 3.09. The van der Waals surface area contributed by atoms with Crippen LogP contribution in [0.25, 0.3) is 11.4 Å². The Balaban J connectivity index is 1.72. The first kappa shape index (κ1) is 14.7. The molecule has 1 amide bonds. The maximum Gasteiger partial charge on any atom is 0.253 e. The highest BCUT2D eigenvalue weighted by Crippen LogP contribution is 2.22. The second-order valence-electron chi connectivity index (χ2n) is 5.73. The normalized spacial score (nSPS) is 19.9. The zero-order valence-corrected chi connectivity index (χ0v) is 12.5. The van der Waals surface area contributed by atoms with Crippen molar-refractivity contribution >= 4 is 5.91 Å². The van der Waals surface area contributed by atoms with Crippen LogP contribution in [0.2, 0.25) is 0 Å². The lowest BCUT2D eigenvalue weighted by Crippen LogP contribution is -2.42. The summed E-state index contributed by atoms with van der Waals surface area (Å²) in [6, 6.07) is 7.18. The molecule has 0 bridgehead atoms. The van der Waals surface area contributed by atoms with E-state index in [0.29, 0.717) is 17.9 Å². The van der Waals surface area contributed by atoms with E-state index in [1.165, 1.54) is 6.39 Å². The second kappa shape index (κ2) is 6.27. The second-order valence-corrected chi connectivity index (χ2v) is 5.73. The molecule has 0 radical (unpaired) electrons. The number of benzene rings is 1. The monoisotopic (exact) mass is 301 g/mol. The topological polar surface area (TPSA) is 79.5 Å². The lowest BCUT2D eigenvalue weighted by Gasteiger charge is -2.34. The lowest BCUT2D eigenvalue weighted by molar-refractivity contribution is 0.0466. The van der Waals surface area contributed by atoms with E-state index in [1.54, 1.807) is 19.1 Å². The first-order valence-electron chi connectivity index (χ1n) is 7.49. The van der Waals surface area contributed by atoms with Crippen LogP contribution in [0.3, 0.4) is 0 Å². The number of rotatable bonds is 3. The van der Waals surface area contributed by atoms with Gasteiger partial charge in [-0.1, -0.05) is 17.3 Å². The smallest absolute Gasteiger partial charge is 0.253 e. The van der Waals surface area contributed by atoms with E-state index in [1.807, 2.05) is 17.0 Å². The zero-order chi connectivity index (χ0) is 15.5. The predicted octanol–water partition coefficient (Wildman–Crippen LogP) is 1.97. The van der Waals surface area contributed by atoms with Gasteiger partial charge in [0.15, 0.2) is 0 Å². The first-order chi connectivity index (χ1) is 10.6. The molecule has 3 rings (SSSR count). The predicted molar refractivity (Wildman–Crippen MR) is 80.0 cm³/mol. The van der Waals surface area contributed by atoms with Gasteiger partial charge in [-0.25, -0.2) is 0 Å². The Morgan fingerprint density at radius 1 is 1.41 bits per heavy atom. The summed E-state index contributed by atoms with van der Waals surface area (Å²) in [7, 11) is 0. The maximum atomic E-state index is 12.6. The lowest BCUT2D eigenvalue weighted by atomic mass is 9.93. The van der Waals surface area contributed by atoms with Gasteiger partial charge in [0.2, 0.25) is 12.2 Å². The summed E-state index contributed by atoms with van der Waals surface area (Å²) in [5, 5.41) is 13.5. The highest BCUT2D eigenvalue weighted by atomic mass is 16.5. The molecular formula is C16H19N3O3. The highest BCUT2D eigenvalue weighted by Gasteiger charge is 2.27. The van der Waals surface area contributed by atoms with Crippen LogP contribution in [-0.2, 0) is 0 Å². The van der Waals surface area contributed by atoms with Crippen molar-refractivity contribution in [1.82, 2.24) is 15.0 Å². The number of hydrogen-bond donors (Lipinski definition) is 1. The number of amides is 1. The van der Waals surface area contributed by atoms with Gasteiger partial charge in [0.05, 0.1) is 6.10 Å². The van der Waals surface area contributed by atoms with Crippen LogP contribution in [0, 0.1) is 5.92 Å². The van der Waals surface area contributed by atoms with E-state index in [4.69, 9.17) is 4.52 Å². The van der Waals surface area contributed by atoms with Crippen LogP contribution in [0.15, 0.2) is 35.2 Å². The Morgan fingerprint density at radius 3 is 2.82 bits per heavy atom. The third kappa shape index (κ3) is 3.01. The fraction of sp³-hybridized carbons (Fsp3) is 0.438. The molecule has 0 spiro atoms. The van der Waals surface area contributed by atoms with Crippen LogP contribution in [0.5, 0.6) is 0 Å². The number of carbonyl (C=O) groups excluding carboxylic acids is 1. The first-order valence-corrected chi connectivity index (χ1v) is 7.49. The van der Waals surface area contributed by atoms with Crippen molar-refractivity contribution in [2.45, 2.75) is 25.9 Å². The largest absolute Gasteiger partial charge is 0.393 e. The van der Waals surface area contributed by atoms with Crippen molar-refractivity contribution in [3.8, 4) is 11.4 Å². The van der Waals surface area contributed by atoms with Gasteiger partial charge in [-0.3, -0.25) is 4.79 Å². The Morgan fingerprint density at radius 2 is 2.18 bits per heavy atom. The standard InChI is InChI=1S/C16H19N3O3/c1-11(20)14-3-2-8-19(9-14)16(21)13-6-4-12(5-7-13)15-17-10-22-18-15/h4-7,10-11,14,20H,2-3,8-9H2,1H3. The molecule has 1 aromatic carbocycles. The Labute approximate surface area is 128 Å². The molecule has 2 atom stereocenters. The summed E-state index contributed by atoms with van der Waals surface area (Å²) >= 11 is 0. The van der Waals surface area contributed by atoms with Crippen molar-refractivity contribution in [3.63, 3.8) is 0 Å². The quantitative estimate of drug-likeness (QED) is 0.937. The molecule has 2 heterocycles. The molecule has 1 N–H and O–H groups in total. The van der Waals surface area contributed by atoms with E-state index >= 15 is 0 Å². The third-order valence-electron chi connectivity index (χ3n) is 4.18. The van der Waals surface area contributed by atoms with Crippen LogP contribution in [0.4, 0.5) is 0 Å². The van der Waals surface area contributed by atoms with Crippen LogP contribution in [-0.4, -0.2) is 45.2 Å². The van der Waals surface area contributed by atoms with Gasteiger partial charge in [0, 0.05) is 30.1 Å². The van der Waals surface area contributed by atoms with E-state index in [2.05, 4.69) is 10.1 Å². The molecule has 1 aliphatic rings. The van der Waals surface area contributed by atoms with Crippen molar-refractivity contribution in [1.29, 1.82) is 0 Å². The van der Waals surface area contributed by atoms with Gasteiger partial charge in [0.1, 0.15) is 0 Å². The van der Waals surface area contributed by atoms with Crippen molar-refractivity contribution in [2.75, 3.05) is 13.1 Å². The highest BCUT2D eigenvalue weighted by molar-refractivity contribution is 5.94. The van der Waals surface area contributed by atoms with Gasteiger partial charge >= 0.3 is 0 Å². The Bertz CT molecular complexity index is 623. The van der Waals surface area contributed by atoms with E-state index in [9.17, 15) is 9.90 Å². The summed E-state index contributed by atoms with van der Waals surface area (Å²) < 4.78 is 4.72. The van der Waals surface area contributed by atoms with Crippen molar-refractivity contribution in [3.05, 3.63) is 36.2 Å². The number of piperidine rings is 1. The number of likely N-dealkylation sites (tertiary alicyclic amines) is 1. The number of aromatic nitrogens is 2. The molecule has 0 aliphatic carbocycles. The van der Waals surface area contributed by atoms with E-state index in [0.717, 1.165) is 24.9 Å². The summed E-state index contributed by atoms with van der Waals surface area (Å²) in [6.07, 6.45) is 2.80. The van der Waals surface area contributed by atoms with Gasteiger partial charge < -0.3 is 14.5 Å². The summed E-state index contributed by atoms with van der Waals surface area (Å²) in [6.45, 7) is 3.15. The molecule has 2 unspecified atom stereocenters. The summed E-state index contributed by atoms with van der Waals surface area (Å²) in [5.41, 5.74) is 1.45. The summed E-state index contributed by atoms with van der Waals surface area (Å²) in [4.78, 5) is 18.4. The number of aliphatic hydroxyl groups is 1. The van der Waals surface area contributed by atoms with Gasteiger partial charge in [0.25, 0.3) is 5.91 Å². The molecule has 6 nitrogen and oxygen atoms in total. The molecule has 2 aromatic rings. The van der Waals surface area contributed by atoms with Crippen LogP contribution >= 0.6 is 0 Å². The van der Waals surface area contributed by atoms with Crippen LogP contribution in [0.1, 0.15) is 30.1 Å². The molecule has 6 heteroatoms.